The van der Waals surface area contributed by atoms with Crippen molar-refractivity contribution in [3.8, 4) is 0 Å². The van der Waals surface area contributed by atoms with Crippen LogP contribution in [-0.4, -0.2) is 76.4 Å². The molecule has 3 aromatic rings. The van der Waals surface area contributed by atoms with E-state index in [1.54, 1.807) is 4.98 Å². The standard InChI is InChI=1S/C10H11F3N2O5.C8H11N5O3/c11-10(12,13)4-2-15(9(19)14-8(4)18)7-1-5(17)6(3-16)20-7;9-8-11-6-5(7(15)12-8)10-3-13(6)4-16-2-1-14/h2,5-7,16-17H,1,3H2,(H,14,18,19);3,14H,1-2,4H2,(H3,9,11,12,15)/t5-,6+,7+;/m0./s1. The quantitative estimate of drug-likeness (QED) is 0.192. The van der Waals surface area contributed by atoms with Crippen molar-refractivity contribution in [2.45, 2.75) is 37.8 Å². The molecule has 1 fully saturated rings. The third kappa shape index (κ3) is 5.97. The molecule has 7 N–H and O–H groups in total. The van der Waals surface area contributed by atoms with Crippen LogP contribution in [0, 0.1) is 0 Å². The Bertz CT molecular complexity index is 1370. The molecule has 0 amide bonds. The first-order chi connectivity index (χ1) is 17.0. The number of H-pyrrole nitrogens is 2. The second-order valence-corrected chi connectivity index (χ2v) is 7.42. The number of imidazole rings is 1. The van der Waals surface area contributed by atoms with Gasteiger partial charge >= 0.3 is 11.9 Å². The van der Waals surface area contributed by atoms with Crippen LogP contribution in [-0.2, 0) is 22.4 Å². The fraction of sp³-hybridized carbons (Fsp3) is 0.500. The van der Waals surface area contributed by atoms with E-state index in [2.05, 4.69) is 15.0 Å². The zero-order chi connectivity index (χ0) is 26.6. The number of nitrogens with one attached hydrogen (secondary N) is 2. The summed E-state index contributed by atoms with van der Waals surface area (Å²) in [6.07, 6.45) is -6.61. The smallest absolute Gasteiger partial charge is 0.394 e. The van der Waals surface area contributed by atoms with Gasteiger partial charge in [-0.3, -0.25) is 28.7 Å². The van der Waals surface area contributed by atoms with Crippen LogP contribution in [0.2, 0.25) is 0 Å². The second-order valence-electron chi connectivity index (χ2n) is 7.42. The van der Waals surface area contributed by atoms with Gasteiger partial charge in [-0.15, -0.1) is 0 Å². The van der Waals surface area contributed by atoms with Crippen molar-refractivity contribution in [3.63, 3.8) is 0 Å². The molecule has 0 unspecified atom stereocenters. The van der Waals surface area contributed by atoms with Crippen molar-refractivity contribution in [3.05, 3.63) is 49.3 Å². The summed E-state index contributed by atoms with van der Waals surface area (Å²) in [6, 6.07) is 0. The van der Waals surface area contributed by atoms with Crippen LogP contribution >= 0.6 is 0 Å². The Morgan fingerprint density at radius 3 is 2.56 bits per heavy atom. The molecule has 0 aliphatic carbocycles. The van der Waals surface area contributed by atoms with Crippen LogP contribution < -0.4 is 22.5 Å². The number of aromatic amines is 2. The molecule has 1 aliphatic rings. The van der Waals surface area contributed by atoms with Crippen molar-refractivity contribution >= 4 is 17.1 Å². The fourth-order valence-corrected chi connectivity index (χ4v) is 3.24. The van der Waals surface area contributed by atoms with Gasteiger partial charge in [0.2, 0.25) is 5.95 Å². The Morgan fingerprint density at radius 2 is 1.94 bits per heavy atom. The predicted octanol–water partition coefficient (Wildman–Crippen LogP) is -2.14. The maximum atomic E-state index is 12.6. The van der Waals surface area contributed by atoms with E-state index in [9.17, 15) is 32.7 Å². The molecule has 0 aromatic carbocycles. The number of hydrogen-bond donors (Lipinski definition) is 6. The topological polar surface area (TPSA) is 224 Å². The minimum absolute atomic E-state index is 0.0291. The van der Waals surface area contributed by atoms with Crippen LogP contribution in [0.3, 0.4) is 0 Å². The van der Waals surface area contributed by atoms with Gasteiger partial charge in [-0.2, -0.15) is 18.2 Å². The number of fused-ring (bicyclic) bond motifs is 1. The highest BCUT2D eigenvalue weighted by atomic mass is 19.4. The summed E-state index contributed by atoms with van der Waals surface area (Å²) in [5.41, 5.74) is 1.43. The van der Waals surface area contributed by atoms with E-state index in [0.717, 1.165) is 0 Å². The summed E-state index contributed by atoms with van der Waals surface area (Å²) >= 11 is 0. The Balaban J connectivity index is 0.000000205. The van der Waals surface area contributed by atoms with E-state index in [4.69, 9.17) is 25.4 Å². The molecule has 3 aromatic heterocycles. The van der Waals surface area contributed by atoms with Gasteiger partial charge in [0.05, 0.1) is 32.3 Å². The summed E-state index contributed by atoms with van der Waals surface area (Å²) in [6.45, 7) is -0.240. The van der Waals surface area contributed by atoms with E-state index in [0.29, 0.717) is 16.4 Å². The molecule has 36 heavy (non-hydrogen) atoms. The Labute approximate surface area is 197 Å². The lowest BCUT2D eigenvalue weighted by Gasteiger charge is -2.16. The summed E-state index contributed by atoms with van der Waals surface area (Å²) < 4.78 is 50.1. The molecule has 4 rings (SSSR count). The Morgan fingerprint density at radius 1 is 1.22 bits per heavy atom. The number of alkyl halides is 3. The maximum Gasteiger partial charge on any atom is 0.423 e. The van der Waals surface area contributed by atoms with Crippen LogP contribution in [0.15, 0.2) is 26.9 Å². The summed E-state index contributed by atoms with van der Waals surface area (Å²) in [5, 5.41) is 26.9. The highest BCUT2D eigenvalue weighted by molar-refractivity contribution is 5.70. The molecule has 0 radical (unpaired) electrons. The number of rotatable bonds is 6. The number of ether oxygens (including phenoxy) is 2. The summed E-state index contributed by atoms with van der Waals surface area (Å²) in [7, 11) is 0. The zero-order valence-electron chi connectivity index (χ0n) is 18.3. The van der Waals surface area contributed by atoms with Crippen molar-refractivity contribution in [1.82, 2.24) is 29.1 Å². The molecule has 0 spiro atoms. The largest absolute Gasteiger partial charge is 0.423 e. The molecule has 0 bridgehead atoms. The molecule has 4 heterocycles. The van der Waals surface area contributed by atoms with E-state index < -0.39 is 48.0 Å². The van der Waals surface area contributed by atoms with E-state index >= 15 is 0 Å². The number of hydrogen-bond acceptors (Lipinski definition) is 11. The van der Waals surface area contributed by atoms with Gasteiger partial charge in [0.25, 0.3) is 11.1 Å². The normalized spacial score (nSPS) is 19.9. The number of nitrogens with zero attached hydrogens (tertiary/aromatic N) is 4. The lowest BCUT2D eigenvalue weighted by molar-refractivity contribution is -0.139. The first-order valence-corrected chi connectivity index (χ1v) is 10.2. The predicted molar refractivity (Wildman–Crippen MR) is 114 cm³/mol. The summed E-state index contributed by atoms with van der Waals surface area (Å²) in [4.78, 5) is 45.8. The molecule has 1 aliphatic heterocycles. The van der Waals surface area contributed by atoms with Crippen molar-refractivity contribution < 1.29 is 38.0 Å². The van der Waals surface area contributed by atoms with Crippen LogP contribution in [0.4, 0.5) is 19.1 Å². The molecular formula is C18H22F3N7O8. The lowest BCUT2D eigenvalue weighted by Crippen LogP contribution is -2.36. The Hall–Kier alpha value is -3.58. The third-order valence-electron chi connectivity index (χ3n) is 4.93. The van der Waals surface area contributed by atoms with Gasteiger partial charge in [0.15, 0.2) is 11.2 Å². The first-order valence-electron chi connectivity index (χ1n) is 10.2. The van der Waals surface area contributed by atoms with E-state index in [-0.39, 0.29) is 43.4 Å². The van der Waals surface area contributed by atoms with Crippen molar-refractivity contribution in [2.75, 3.05) is 25.6 Å². The van der Waals surface area contributed by atoms with Gasteiger partial charge in [-0.25, -0.2) is 9.78 Å². The number of aliphatic hydroxyl groups is 3. The average Bonchev–Trinajstić information content (AvgIpc) is 3.36. The third-order valence-corrected chi connectivity index (χ3v) is 4.93. The molecule has 198 valence electrons. The number of nitrogens with two attached hydrogens (primary N) is 1. The maximum absolute atomic E-state index is 12.6. The number of anilines is 1. The SMILES string of the molecule is Nc1nc2c(ncn2COCCO)c(=O)[nH]1.O=c1[nH]c(=O)n([C@H]2C[C@H](O)[C@@H](CO)O2)cc1C(F)(F)F. The van der Waals surface area contributed by atoms with Gasteiger partial charge in [0, 0.05) is 12.6 Å². The highest BCUT2D eigenvalue weighted by Gasteiger charge is 2.38. The average molecular weight is 521 g/mol. The number of aliphatic hydroxyl groups excluding tert-OH is 3. The monoisotopic (exact) mass is 521 g/mol. The number of halogens is 3. The number of aromatic nitrogens is 6. The van der Waals surface area contributed by atoms with Crippen molar-refractivity contribution in [1.29, 1.82) is 0 Å². The minimum Gasteiger partial charge on any atom is -0.394 e. The summed E-state index contributed by atoms with van der Waals surface area (Å²) in [5.74, 6) is 0.0291. The van der Waals surface area contributed by atoms with Gasteiger partial charge in [0.1, 0.15) is 24.6 Å². The molecular weight excluding hydrogens is 499 g/mol. The Kier molecular flexibility index (Phi) is 8.25. The molecule has 1 saturated heterocycles. The minimum atomic E-state index is -4.92. The van der Waals surface area contributed by atoms with Gasteiger partial charge < -0.3 is 30.5 Å². The van der Waals surface area contributed by atoms with Gasteiger partial charge in [-0.1, -0.05) is 0 Å². The zero-order valence-corrected chi connectivity index (χ0v) is 18.3. The molecule has 18 heteroatoms. The molecule has 0 saturated carbocycles. The van der Waals surface area contributed by atoms with Crippen LogP contribution in [0.5, 0.6) is 0 Å². The first kappa shape index (κ1) is 27.0. The van der Waals surface area contributed by atoms with Crippen LogP contribution in [0.1, 0.15) is 18.2 Å². The van der Waals surface area contributed by atoms with Gasteiger partial charge in [-0.05, 0) is 0 Å². The van der Waals surface area contributed by atoms with Crippen molar-refractivity contribution in [2.24, 2.45) is 0 Å². The molecule has 3 atom stereocenters. The van der Waals surface area contributed by atoms with Crippen LogP contribution in [0.25, 0.3) is 11.2 Å². The number of nitrogen functional groups attached to an aromatic ring is 1. The second kappa shape index (κ2) is 11.0. The van der Waals surface area contributed by atoms with E-state index in [1.165, 1.54) is 10.9 Å². The fourth-order valence-electron chi connectivity index (χ4n) is 3.24. The van der Waals surface area contributed by atoms with E-state index in [1.807, 2.05) is 0 Å². The highest BCUT2D eigenvalue weighted by Crippen LogP contribution is 2.30. The molecule has 15 nitrogen and oxygen atoms in total. The lowest BCUT2D eigenvalue weighted by atomic mass is 10.2.